The number of allylic oxidation sites excluding steroid dienone is 1. The zero-order valence-corrected chi connectivity index (χ0v) is 19.5. The van der Waals surface area contributed by atoms with Crippen molar-refractivity contribution in [3.63, 3.8) is 0 Å². The van der Waals surface area contributed by atoms with E-state index >= 15 is 0 Å². The van der Waals surface area contributed by atoms with Crippen molar-refractivity contribution in [1.82, 2.24) is 14.1 Å². The van der Waals surface area contributed by atoms with Crippen LogP contribution in [0.2, 0.25) is 0 Å². The Hall–Kier alpha value is -2.96. The Bertz CT molecular complexity index is 992. The first kappa shape index (κ1) is 26.3. The van der Waals surface area contributed by atoms with E-state index in [4.69, 9.17) is 25.2 Å². The lowest BCUT2D eigenvalue weighted by atomic mass is 10.2. The molecule has 184 valence electrons. The number of nitrogens with two attached hydrogens (primary N) is 1. The third-order valence-electron chi connectivity index (χ3n) is 4.74. The van der Waals surface area contributed by atoms with Gasteiger partial charge in [-0.25, -0.2) is 15.4 Å². The molecule has 12 heteroatoms. The van der Waals surface area contributed by atoms with E-state index in [9.17, 15) is 14.4 Å². The standard InChI is InChI=1S/C21H33N5O7/c1-14-10-25(17-7-6-16(32-17)13-31-20(30)33-21(2,3)4)19(29)26(18(14)28)12-15(23-5)11-24(22)8-9-27/h10-11,16-17,27H,5-9,12-13,22H2,1-4H3/b15-11-/t16-,17?/m0/s1. The minimum Gasteiger partial charge on any atom is -0.432 e. The molecule has 0 spiro atoms. The summed E-state index contributed by atoms with van der Waals surface area (Å²) >= 11 is 0. The fourth-order valence-corrected chi connectivity index (χ4v) is 3.22. The molecule has 33 heavy (non-hydrogen) atoms. The Kier molecular flexibility index (Phi) is 8.97. The Balaban J connectivity index is 2.16. The lowest BCUT2D eigenvalue weighted by molar-refractivity contribution is -0.0547. The minimum absolute atomic E-state index is 0.0107. The summed E-state index contributed by atoms with van der Waals surface area (Å²) in [6.45, 7) is 10.1. The number of rotatable bonds is 9. The number of hydrazine groups is 1. The van der Waals surface area contributed by atoms with Crippen LogP contribution in [-0.4, -0.2) is 63.6 Å². The first-order valence-corrected chi connectivity index (χ1v) is 10.6. The fourth-order valence-electron chi connectivity index (χ4n) is 3.22. The first-order chi connectivity index (χ1) is 15.4. The molecule has 2 atom stereocenters. The summed E-state index contributed by atoms with van der Waals surface area (Å²) in [7, 11) is 0. The maximum atomic E-state index is 13.1. The predicted octanol–water partition coefficient (Wildman–Crippen LogP) is 0.658. The van der Waals surface area contributed by atoms with Crippen LogP contribution in [0.1, 0.15) is 45.4 Å². The summed E-state index contributed by atoms with van der Waals surface area (Å²) in [6, 6.07) is 0. The molecule has 2 heterocycles. The lowest BCUT2D eigenvalue weighted by Crippen LogP contribution is -2.42. The molecule has 0 aromatic carbocycles. The van der Waals surface area contributed by atoms with Crippen molar-refractivity contribution in [1.29, 1.82) is 0 Å². The SMILES string of the molecule is C=N/C(=C\N(N)CCO)Cn1c(=O)c(C)cn(C2CC[C@@H](COC(=O)OC(C)(C)C)O2)c1=O. The Morgan fingerprint density at radius 1 is 1.42 bits per heavy atom. The number of aliphatic hydroxyl groups is 1. The van der Waals surface area contributed by atoms with Gasteiger partial charge in [-0.3, -0.25) is 18.9 Å². The highest BCUT2D eigenvalue weighted by molar-refractivity contribution is 5.60. The summed E-state index contributed by atoms with van der Waals surface area (Å²) in [5, 5.41) is 10.2. The predicted molar refractivity (Wildman–Crippen MR) is 121 cm³/mol. The van der Waals surface area contributed by atoms with Crippen molar-refractivity contribution in [2.24, 2.45) is 10.8 Å². The van der Waals surface area contributed by atoms with Crippen LogP contribution in [0.15, 0.2) is 32.7 Å². The number of nitrogens with zero attached hydrogens (tertiary/aromatic N) is 4. The van der Waals surface area contributed by atoms with E-state index in [2.05, 4.69) is 11.7 Å². The second-order valence-electron chi connectivity index (χ2n) is 8.70. The van der Waals surface area contributed by atoms with Crippen LogP contribution < -0.4 is 17.1 Å². The molecule has 12 nitrogen and oxygen atoms in total. The number of aromatic nitrogens is 2. The van der Waals surface area contributed by atoms with Gasteiger partial charge in [-0.15, -0.1) is 0 Å². The highest BCUT2D eigenvalue weighted by Gasteiger charge is 2.30. The van der Waals surface area contributed by atoms with Gasteiger partial charge in [0.2, 0.25) is 0 Å². The van der Waals surface area contributed by atoms with Gasteiger partial charge < -0.3 is 24.3 Å². The number of aliphatic hydroxyl groups excluding tert-OH is 1. The maximum absolute atomic E-state index is 13.1. The monoisotopic (exact) mass is 467 g/mol. The van der Waals surface area contributed by atoms with Crippen molar-refractivity contribution >= 4 is 12.9 Å². The molecule has 1 unspecified atom stereocenters. The zero-order chi connectivity index (χ0) is 24.8. The van der Waals surface area contributed by atoms with Gasteiger partial charge in [0.1, 0.15) is 18.4 Å². The Labute approximate surface area is 191 Å². The lowest BCUT2D eigenvalue weighted by Gasteiger charge is -2.20. The average Bonchev–Trinajstić information content (AvgIpc) is 3.19. The highest BCUT2D eigenvalue weighted by atomic mass is 16.7. The summed E-state index contributed by atoms with van der Waals surface area (Å²) in [5.74, 6) is 5.72. The summed E-state index contributed by atoms with van der Waals surface area (Å²) < 4.78 is 18.5. The van der Waals surface area contributed by atoms with Crippen LogP contribution in [-0.2, 0) is 20.8 Å². The number of hydrogen-bond acceptors (Lipinski definition) is 10. The Morgan fingerprint density at radius 2 is 2.12 bits per heavy atom. The van der Waals surface area contributed by atoms with Gasteiger partial charge in [-0.2, -0.15) is 0 Å². The van der Waals surface area contributed by atoms with Gasteiger partial charge in [0, 0.05) is 18.0 Å². The molecule has 0 radical (unpaired) electrons. The number of hydrogen-bond donors (Lipinski definition) is 2. The van der Waals surface area contributed by atoms with E-state index in [0.717, 1.165) is 4.57 Å². The molecule has 2 rings (SSSR count). The summed E-state index contributed by atoms with van der Waals surface area (Å²) in [6.07, 6.45) is 2.08. The van der Waals surface area contributed by atoms with Crippen LogP contribution in [0.4, 0.5) is 4.79 Å². The van der Waals surface area contributed by atoms with Crippen LogP contribution in [0.5, 0.6) is 0 Å². The third kappa shape index (κ3) is 7.55. The first-order valence-electron chi connectivity index (χ1n) is 10.6. The number of ether oxygens (including phenoxy) is 3. The van der Waals surface area contributed by atoms with E-state index in [1.807, 2.05) is 0 Å². The van der Waals surface area contributed by atoms with Gasteiger partial charge in [0.05, 0.1) is 31.5 Å². The molecule has 1 aromatic heterocycles. The van der Waals surface area contributed by atoms with Gasteiger partial charge in [0.15, 0.2) is 0 Å². The molecule has 0 aliphatic carbocycles. The number of carbonyl (C=O) groups excluding carboxylic acids is 1. The maximum Gasteiger partial charge on any atom is 0.508 e. The van der Waals surface area contributed by atoms with Gasteiger partial charge >= 0.3 is 11.8 Å². The summed E-state index contributed by atoms with van der Waals surface area (Å²) in [4.78, 5) is 41.3. The number of carbonyl (C=O) groups is 1. The normalized spacial score (nSPS) is 18.8. The van der Waals surface area contributed by atoms with Crippen molar-refractivity contribution in [2.75, 3.05) is 19.8 Å². The average molecular weight is 468 g/mol. The van der Waals surface area contributed by atoms with Crippen molar-refractivity contribution in [2.45, 2.75) is 65.0 Å². The molecule has 1 aliphatic heterocycles. The van der Waals surface area contributed by atoms with Gasteiger partial charge in [0.25, 0.3) is 5.56 Å². The molecule has 1 saturated heterocycles. The molecule has 3 N–H and O–H groups in total. The molecular formula is C21H33N5O7. The fraction of sp³-hybridized carbons (Fsp3) is 0.619. The van der Waals surface area contributed by atoms with Crippen molar-refractivity contribution in [3.05, 3.63) is 44.5 Å². The quantitative estimate of drug-likeness (QED) is 0.231. The van der Waals surface area contributed by atoms with E-state index in [1.54, 1.807) is 27.7 Å². The Morgan fingerprint density at radius 3 is 2.73 bits per heavy atom. The van der Waals surface area contributed by atoms with E-state index in [1.165, 1.54) is 22.0 Å². The molecule has 0 saturated carbocycles. The molecule has 0 bridgehead atoms. The van der Waals surface area contributed by atoms with Gasteiger partial charge in [-0.1, -0.05) is 0 Å². The highest BCUT2D eigenvalue weighted by Crippen LogP contribution is 2.27. The number of aryl methyl sites for hydroxylation is 1. The van der Waals surface area contributed by atoms with Crippen LogP contribution >= 0.6 is 0 Å². The van der Waals surface area contributed by atoms with Gasteiger partial charge in [-0.05, 0) is 47.3 Å². The third-order valence-corrected chi connectivity index (χ3v) is 4.74. The van der Waals surface area contributed by atoms with E-state index in [-0.39, 0.29) is 32.0 Å². The second kappa shape index (κ2) is 11.3. The van der Waals surface area contributed by atoms with Crippen molar-refractivity contribution in [3.8, 4) is 0 Å². The molecule has 0 amide bonds. The van der Waals surface area contributed by atoms with Crippen LogP contribution in [0.3, 0.4) is 0 Å². The molecule has 1 aliphatic rings. The minimum atomic E-state index is -0.789. The molecular weight excluding hydrogens is 434 g/mol. The molecule has 1 aromatic rings. The smallest absolute Gasteiger partial charge is 0.432 e. The zero-order valence-electron chi connectivity index (χ0n) is 19.5. The summed E-state index contributed by atoms with van der Waals surface area (Å²) in [5.41, 5.74) is -1.10. The van der Waals surface area contributed by atoms with Crippen LogP contribution in [0, 0.1) is 6.92 Å². The molecule has 1 fully saturated rings. The van der Waals surface area contributed by atoms with E-state index < -0.39 is 35.3 Å². The van der Waals surface area contributed by atoms with E-state index in [0.29, 0.717) is 18.4 Å². The second-order valence-corrected chi connectivity index (χ2v) is 8.70. The topological polar surface area (TPSA) is 151 Å². The number of aliphatic imine (C=N–C) groups is 1. The van der Waals surface area contributed by atoms with Crippen LogP contribution in [0.25, 0.3) is 0 Å². The van der Waals surface area contributed by atoms with Crippen molar-refractivity contribution < 1.29 is 24.1 Å². The largest absolute Gasteiger partial charge is 0.508 e.